The SMILES string of the molecule is CC(C)(C)c1cc(-c2c[n-]c(-c3[c-]c(-n4[c-][n+](-c5ccccc5O)c5ccccc54)cc(C(F)(F)F)c3)c2)cc(C(C)(C)C)c1.[Au+3]. The number of aromatic nitrogens is 3. The second-order valence-electron chi connectivity index (χ2n) is 13.5. The van der Waals surface area contributed by atoms with Crippen LogP contribution in [-0.4, -0.2) is 9.67 Å². The first kappa shape index (κ1) is 33.3. The fourth-order valence-electron chi connectivity index (χ4n) is 5.37. The van der Waals surface area contributed by atoms with E-state index in [2.05, 4.69) is 77.1 Å². The predicted octanol–water partition coefficient (Wildman–Crippen LogP) is 9.12. The summed E-state index contributed by atoms with van der Waals surface area (Å²) >= 11 is 0. The van der Waals surface area contributed by atoms with E-state index in [0.717, 1.165) is 23.3 Å². The van der Waals surface area contributed by atoms with Crippen LogP contribution < -0.4 is 9.55 Å². The minimum absolute atomic E-state index is 0. The molecule has 0 aliphatic heterocycles. The van der Waals surface area contributed by atoms with E-state index in [0.29, 0.717) is 22.4 Å². The maximum atomic E-state index is 14.3. The third-order valence-electron chi connectivity index (χ3n) is 8.02. The summed E-state index contributed by atoms with van der Waals surface area (Å²) in [6.45, 7) is 13.0. The molecule has 0 fully saturated rings. The number of hydrogen-bond acceptors (Lipinski definition) is 1. The number of imidazole rings is 1. The minimum Gasteiger partial charge on any atom is -0.707 e. The zero-order valence-electron chi connectivity index (χ0n) is 26.4. The molecule has 1 N–H and O–H groups in total. The van der Waals surface area contributed by atoms with Gasteiger partial charge in [0.1, 0.15) is 11.4 Å². The summed E-state index contributed by atoms with van der Waals surface area (Å²) in [5, 5.41) is 10.6. The number of hydrogen-bond donors (Lipinski definition) is 1. The summed E-state index contributed by atoms with van der Waals surface area (Å²) in [5.74, 6) is 0.0222. The van der Waals surface area contributed by atoms with Crippen molar-refractivity contribution in [2.24, 2.45) is 0 Å². The molecule has 0 bridgehead atoms. The van der Waals surface area contributed by atoms with E-state index < -0.39 is 11.7 Å². The molecule has 0 saturated carbocycles. The van der Waals surface area contributed by atoms with Gasteiger partial charge in [-0.2, -0.15) is 24.9 Å². The van der Waals surface area contributed by atoms with Crippen LogP contribution in [0.2, 0.25) is 0 Å². The largest absolute Gasteiger partial charge is 3.00 e. The predicted molar refractivity (Wildman–Crippen MR) is 171 cm³/mol. The summed E-state index contributed by atoms with van der Waals surface area (Å²) in [5.41, 5.74) is 5.61. The Bertz CT molecular complexity index is 2010. The third kappa shape index (κ3) is 6.45. The van der Waals surface area contributed by atoms with Gasteiger partial charge in [-0.05, 0) is 50.9 Å². The van der Waals surface area contributed by atoms with Crippen molar-refractivity contribution >= 4 is 11.0 Å². The molecule has 238 valence electrons. The fraction of sp³-hybridized carbons (Fsp3) is 0.237. The van der Waals surface area contributed by atoms with Crippen molar-refractivity contribution in [1.29, 1.82) is 0 Å². The molecule has 0 radical (unpaired) electrons. The molecule has 0 spiro atoms. The van der Waals surface area contributed by atoms with Crippen LogP contribution in [0, 0.1) is 12.4 Å². The number of aromatic hydroxyl groups is 1. The van der Waals surface area contributed by atoms with Crippen molar-refractivity contribution in [2.45, 2.75) is 58.5 Å². The Morgan fingerprint density at radius 1 is 0.739 bits per heavy atom. The van der Waals surface area contributed by atoms with Gasteiger partial charge in [0.2, 0.25) is 0 Å². The van der Waals surface area contributed by atoms with Gasteiger partial charge in [-0.3, -0.25) is 4.57 Å². The van der Waals surface area contributed by atoms with E-state index in [1.807, 2.05) is 18.2 Å². The van der Waals surface area contributed by atoms with Crippen LogP contribution in [-0.2, 0) is 39.4 Å². The molecule has 6 rings (SSSR count). The number of benzene rings is 4. The standard InChI is InChI=1S/C38H34F3N3O.Au/c1-36(2,3)27-15-24(16-28(20-27)37(4,5)6)26-19-31(42-22-26)25-17-29(38(39,40)41)21-30(18-25)43-23-44(33-12-8-7-11-32(33)43)34-13-9-10-14-35(34)45;/h7-17,19-22,45H,1-6H3;/q-2;+3. The van der Waals surface area contributed by atoms with Crippen LogP contribution in [0.4, 0.5) is 13.2 Å². The van der Waals surface area contributed by atoms with E-state index in [-0.39, 0.29) is 50.2 Å². The molecule has 0 saturated heterocycles. The van der Waals surface area contributed by atoms with Crippen molar-refractivity contribution in [2.75, 3.05) is 0 Å². The fourth-order valence-corrected chi connectivity index (χ4v) is 5.37. The topological polar surface area (TPSA) is 43.1 Å². The van der Waals surface area contributed by atoms with Crippen LogP contribution in [0.15, 0.2) is 91.1 Å². The Balaban J connectivity index is 0.00000417. The monoisotopic (exact) mass is 802 g/mol. The molecule has 0 aliphatic carbocycles. The molecule has 4 nitrogen and oxygen atoms in total. The van der Waals surface area contributed by atoms with E-state index >= 15 is 0 Å². The van der Waals surface area contributed by atoms with Crippen LogP contribution in [0.25, 0.3) is 44.8 Å². The number of para-hydroxylation sites is 4. The molecule has 46 heavy (non-hydrogen) atoms. The summed E-state index contributed by atoms with van der Waals surface area (Å²) in [6, 6.07) is 27.7. The molecule has 0 atom stereocenters. The second kappa shape index (κ2) is 12.0. The molecule has 2 heterocycles. The zero-order valence-corrected chi connectivity index (χ0v) is 28.6. The average Bonchev–Trinajstić information content (AvgIpc) is 3.62. The zero-order chi connectivity index (χ0) is 32.3. The first-order valence-electron chi connectivity index (χ1n) is 14.8. The molecule has 8 heteroatoms. The molecular formula is C38H34AuF3N3O+. The van der Waals surface area contributed by atoms with Gasteiger partial charge in [0.15, 0.2) is 0 Å². The third-order valence-corrected chi connectivity index (χ3v) is 8.02. The Morgan fingerprint density at radius 3 is 2.00 bits per heavy atom. The molecule has 2 aromatic heterocycles. The van der Waals surface area contributed by atoms with Gasteiger partial charge in [0, 0.05) is 0 Å². The van der Waals surface area contributed by atoms with Gasteiger partial charge in [-0.25, -0.2) is 5.69 Å². The Labute approximate surface area is 283 Å². The number of halogens is 3. The minimum atomic E-state index is -4.60. The molecule has 6 aromatic rings. The first-order valence-corrected chi connectivity index (χ1v) is 14.8. The summed E-state index contributed by atoms with van der Waals surface area (Å²) in [6.07, 6.45) is 0.252. The van der Waals surface area contributed by atoms with E-state index in [1.165, 1.54) is 15.7 Å². The van der Waals surface area contributed by atoms with Crippen molar-refractivity contribution in [3.63, 3.8) is 0 Å². The van der Waals surface area contributed by atoms with Gasteiger partial charge in [0.05, 0.1) is 11.0 Å². The average molecular weight is 803 g/mol. The maximum absolute atomic E-state index is 14.3. The Hall–Kier alpha value is -4.04. The summed E-state index contributed by atoms with van der Waals surface area (Å²) < 4.78 is 46.1. The molecule has 0 aliphatic rings. The van der Waals surface area contributed by atoms with E-state index in [4.69, 9.17) is 0 Å². The molecule has 0 amide bonds. The van der Waals surface area contributed by atoms with Crippen LogP contribution in [0.3, 0.4) is 0 Å². The summed E-state index contributed by atoms with van der Waals surface area (Å²) in [7, 11) is 0. The molecule has 4 aromatic carbocycles. The molecular weight excluding hydrogens is 768 g/mol. The quantitative estimate of drug-likeness (QED) is 0.110. The van der Waals surface area contributed by atoms with Gasteiger partial charge >= 0.3 is 28.6 Å². The second-order valence-corrected chi connectivity index (χ2v) is 13.5. The van der Waals surface area contributed by atoms with Crippen molar-refractivity contribution in [3.8, 4) is 39.5 Å². The van der Waals surface area contributed by atoms with Crippen LogP contribution >= 0.6 is 0 Å². The van der Waals surface area contributed by atoms with Gasteiger partial charge < -0.3 is 14.7 Å². The van der Waals surface area contributed by atoms with E-state index in [9.17, 15) is 18.3 Å². The van der Waals surface area contributed by atoms with Gasteiger partial charge in [-0.1, -0.05) is 102 Å². The number of phenolic OH excluding ortho intramolecular Hbond substituents is 1. The van der Waals surface area contributed by atoms with Gasteiger partial charge in [0.25, 0.3) is 6.33 Å². The van der Waals surface area contributed by atoms with Crippen molar-refractivity contribution in [3.05, 3.63) is 120 Å². The van der Waals surface area contributed by atoms with Crippen LogP contribution in [0.5, 0.6) is 5.75 Å². The number of rotatable bonds is 4. The first-order chi connectivity index (χ1) is 21.1. The Kier molecular flexibility index (Phi) is 8.66. The van der Waals surface area contributed by atoms with Crippen molar-refractivity contribution in [1.82, 2.24) is 9.55 Å². The number of fused-ring (bicyclic) bond motifs is 1. The number of alkyl halides is 3. The Morgan fingerprint density at radius 2 is 1.37 bits per heavy atom. The molecule has 0 unspecified atom stereocenters. The maximum Gasteiger partial charge on any atom is 3.00 e. The normalized spacial score (nSPS) is 12.4. The van der Waals surface area contributed by atoms with Crippen LogP contribution in [0.1, 0.15) is 58.2 Å². The number of phenols is 1. The number of nitrogens with zero attached hydrogens (tertiary/aromatic N) is 3. The van der Waals surface area contributed by atoms with Gasteiger partial charge in [-0.15, -0.1) is 24.3 Å². The smallest absolute Gasteiger partial charge is 0.707 e. The van der Waals surface area contributed by atoms with Crippen molar-refractivity contribution < 1.29 is 45.2 Å². The van der Waals surface area contributed by atoms with E-state index in [1.54, 1.807) is 47.2 Å². The summed E-state index contributed by atoms with van der Waals surface area (Å²) in [4.78, 5) is 4.57.